The van der Waals surface area contributed by atoms with E-state index >= 15 is 0 Å². The van der Waals surface area contributed by atoms with Gasteiger partial charge in [-0.3, -0.25) is 14.5 Å². The summed E-state index contributed by atoms with van der Waals surface area (Å²) in [6, 6.07) is 7.98. The number of halogens is 2. The lowest BCUT2D eigenvalue weighted by Gasteiger charge is -2.19. The predicted octanol–water partition coefficient (Wildman–Crippen LogP) is 5.05. The minimum Gasteiger partial charge on any atom is -0.493 e. The number of amides is 2. The van der Waals surface area contributed by atoms with Crippen molar-refractivity contribution in [1.29, 1.82) is 0 Å². The molecule has 1 atom stereocenters. The minimum absolute atomic E-state index is 0.134. The van der Waals surface area contributed by atoms with Gasteiger partial charge in [0.05, 0.1) is 23.6 Å². The zero-order valence-corrected chi connectivity index (χ0v) is 19.7. The molecule has 2 aromatic carbocycles. The van der Waals surface area contributed by atoms with Crippen molar-refractivity contribution >= 4 is 46.6 Å². The number of methoxy groups -OCH3 is 1. The lowest BCUT2D eigenvalue weighted by Crippen LogP contribution is -2.42. The molecule has 0 bridgehead atoms. The average Bonchev–Trinajstić information content (AvgIpc) is 3.06. The first kappa shape index (κ1) is 24.6. The summed E-state index contributed by atoms with van der Waals surface area (Å²) in [6.45, 7) is 3.36. The van der Waals surface area contributed by atoms with Gasteiger partial charge in [0.25, 0.3) is 11.1 Å². The summed E-state index contributed by atoms with van der Waals surface area (Å²) in [5.41, 5.74) is 1.24. The molecule has 1 heterocycles. The fraction of sp³-hybridized carbons (Fsp3) is 0.261. The Balaban J connectivity index is 1.81. The van der Waals surface area contributed by atoms with Crippen LogP contribution in [0.2, 0.25) is 5.02 Å². The SMILES string of the molecule is CCOC(=O)[C@@H](C)N1C(=O)S/C(=C/c2cc(Cl)c(OCc3ccc(F)cc3)c(OC)c2)C1=O. The van der Waals surface area contributed by atoms with Crippen LogP contribution in [0.15, 0.2) is 41.3 Å². The molecular formula is C23H21ClFNO6S. The summed E-state index contributed by atoms with van der Waals surface area (Å²) in [6.07, 6.45) is 1.49. The largest absolute Gasteiger partial charge is 0.493 e. The van der Waals surface area contributed by atoms with Crippen molar-refractivity contribution in [2.24, 2.45) is 0 Å². The molecule has 1 aliphatic heterocycles. The number of carbonyl (C=O) groups excluding carboxylic acids is 3. The highest BCUT2D eigenvalue weighted by Gasteiger charge is 2.41. The summed E-state index contributed by atoms with van der Waals surface area (Å²) in [4.78, 5) is 38.1. The van der Waals surface area contributed by atoms with Crippen LogP contribution >= 0.6 is 23.4 Å². The van der Waals surface area contributed by atoms with Crippen LogP contribution in [0.5, 0.6) is 11.5 Å². The Morgan fingerprint density at radius 1 is 1.24 bits per heavy atom. The van der Waals surface area contributed by atoms with E-state index in [0.717, 1.165) is 22.2 Å². The van der Waals surface area contributed by atoms with E-state index in [-0.39, 0.29) is 34.7 Å². The van der Waals surface area contributed by atoms with Gasteiger partial charge in [0.15, 0.2) is 11.5 Å². The van der Waals surface area contributed by atoms with Crippen molar-refractivity contribution < 1.29 is 33.0 Å². The Bertz CT molecular complexity index is 1100. The van der Waals surface area contributed by atoms with Crippen LogP contribution in [0.3, 0.4) is 0 Å². The molecule has 0 spiro atoms. The molecule has 0 unspecified atom stereocenters. The van der Waals surface area contributed by atoms with Crippen LogP contribution in [-0.2, 0) is 20.9 Å². The number of nitrogens with zero attached hydrogens (tertiary/aromatic N) is 1. The fourth-order valence-electron chi connectivity index (χ4n) is 3.03. The number of rotatable bonds is 8. The summed E-state index contributed by atoms with van der Waals surface area (Å²) in [5, 5.41) is -0.342. The van der Waals surface area contributed by atoms with E-state index in [1.165, 1.54) is 32.2 Å². The van der Waals surface area contributed by atoms with Crippen molar-refractivity contribution in [2.45, 2.75) is 26.5 Å². The van der Waals surface area contributed by atoms with Gasteiger partial charge >= 0.3 is 5.97 Å². The van der Waals surface area contributed by atoms with Crippen molar-refractivity contribution in [3.05, 3.63) is 63.3 Å². The quantitative estimate of drug-likeness (QED) is 0.375. The smallest absolute Gasteiger partial charge is 0.329 e. The number of thioether (sulfide) groups is 1. The van der Waals surface area contributed by atoms with E-state index in [1.807, 2.05) is 0 Å². The molecule has 33 heavy (non-hydrogen) atoms. The Morgan fingerprint density at radius 3 is 2.58 bits per heavy atom. The molecule has 10 heteroatoms. The van der Waals surface area contributed by atoms with Crippen LogP contribution in [0.1, 0.15) is 25.0 Å². The number of esters is 1. The third kappa shape index (κ3) is 5.66. The Hall–Kier alpha value is -3.04. The predicted molar refractivity (Wildman–Crippen MR) is 123 cm³/mol. The highest BCUT2D eigenvalue weighted by Crippen LogP contribution is 2.39. The van der Waals surface area contributed by atoms with Crippen LogP contribution < -0.4 is 9.47 Å². The third-order valence-electron chi connectivity index (χ3n) is 4.68. The summed E-state index contributed by atoms with van der Waals surface area (Å²) >= 11 is 7.10. The van der Waals surface area contributed by atoms with Crippen LogP contribution in [0, 0.1) is 5.82 Å². The van der Waals surface area contributed by atoms with Gasteiger partial charge < -0.3 is 14.2 Å². The molecule has 0 radical (unpaired) electrons. The second-order valence-electron chi connectivity index (χ2n) is 6.93. The van der Waals surface area contributed by atoms with E-state index in [2.05, 4.69) is 0 Å². The summed E-state index contributed by atoms with van der Waals surface area (Å²) in [5.74, 6) is -1.01. The number of hydrogen-bond acceptors (Lipinski definition) is 7. The lowest BCUT2D eigenvalue weighted by atomic mass is 10.1. The van der Waals surface area contributed by atoms with Gasteiger partial charge in [-0.15, -0.1) is 0 Å². The molecule has 0 aliphatic carbocycles. The normalized spacial score (nSPS) is 15.7. The zero-order chi connectivity index (χ0) is 24.1. The molecule has 2 aromatic rings. The van der Waals surface area contributed by atoms with E-state index < -0.39 is 23.2 Å². The summed E-state index contributed by atoms with van der Waals surface area (Å²) < 4.78 is 29.1. The topological polar surface area (TPSA) is 82.1 Å². The molecule has 1 aliphatic rings. The number of ether oxygens (including phenoxy) is 3. The van der Waals surface area contributed by atoms with Crippen molar-refractivity contribution in [3.63, 3.8) is 0 Å². The molecule has 0 N–H and O–H groups in total. The van der Waals surface area contributed by atoms with Gasteiger partial charge in [-0.25, -0.2) is 9.18 Å². The fourth-order valence-corrected chi connectivity index (χ4v) is 4.21. The molecule has 3 rings (SSSR count). The van der Waals surface area contributed by atoms with E-state index in [9.17, 15) is 18.8 Å². The Kier molecular flexibility index (Phi) is 7.99. The van der Waals surface area contributed by atoms with E-state index in [4.69, 9.17) is 25.8 Å². The van der Waals surface area contributed by atoms with Crippen molar-refractivity contribution in [2.75, 3.05) is 13.7 Å². The second kappa shape index (κ2) is 10.7. The van der Waals surface area contributed by atoms with Gasteiger partial charge in [-0.2, -0.15) is 0 Å². The lowest BCUT2D eigenvalue weighted by molar-refractivity contribution is -0.150. The molecule has 2 amide bonds. The minimum atomic E-state index is -1.04. The summed E-state index contributed by atoms with van der Waals surface area (Å²) in [7, 11) is 1.44. The Labute approximate surface area is 199 Å². The highest BCUT2D eigenvalue weighted by atomic mass is 35.5. The second-order valence-corrected chi connectivity index (χ2v) is 8.33. The number of benzene rings is 2. The van der Waals surface area contributed by atoms with Crippen LogP contribution in [-0.4, -0.2) is 41.8 Å². The maximum absolute atomic E-state index is 13.1. The van der Waals surface area contributed by atoms with Crippen LogP contribution in [0.4, 0.5) is 9.18 Å². The number of carbonyl (C=O) groups is 3. The van der Waals surface area contributed by atoms with Gasteiger partial charge in [0.1, 0.15) is 18.5 Å². The molecule has 1 saturated heterocycles. The van der Waals surface area contributed by atoms with Crippen molar-refractivity contribution in [1.82, 2.24) is 4.90 Å². The Morgan fingerprint density at radius 2 is 1.94 bits per heavy atom. The third-order valence-corrected chi connectivity index (χ3v) is 5.85. The van der Waals surface area contributed by atoms with E-state index in [1.54, 1.807) is 31.2 Å². The molecule has 1 fully saturated rings. The number of hydrogen-bond donors (Lipinski definition) is 0. The van der Waals surface area contributed by atoms with Gasteiger partial charge in [-0.1, -0.05) is 23.7 Å². The molecule has 0 saturated carbocycles. The maximum atomic E-state index is 13.1. The standard InChI is InChI=1S/C23H21ClFNO6S/c1-4-31-22(28)13(2)26-21(27)19(33-23(26)29)11-15-9-17(24)20(18(10-15)30-3)32-12-14-5-7-16(25)8-6-14/h5-11,13H,4,12H2,1-3H3/b19-11+/t13-/m1/s1. The van der Waals surface area contributed by atoms with Gasteiger partial charge in [0, 0.05) is 0 Å². The van der Waals surface area contributed by atoms with Gasteiger partial charge in [-0.05, 0) is 67.1 Å². The van der Waals surface area contributed by atoms with Gasteiger partial charge in [0.2, 0.25) is 0 Å². The van der Waals surface area contributed by atoms with Crippen LogP contribution in [0.25, 0.3) is 6.08 Å². The average molecular weight is 494 g/mol. The first-order valence-electron chi connectivity index (χ1n) is 9.93. The molecule has 0 aromatic heterocycles. The molecule has 7 nitrogen and oxygen atoms in total. The molecular weight excluding hydrogens is 473 g/mol. The van der Waals surface area contributed by atoms with E-state index in [0.29, 0.717) is 11.3 Å². The number of imide groups is 1. The molecule has 174 valence electrons. The monoisotopic (exact) mass is 493 g/mol. The first-order chi connectivity index (χ1) is 15.7. The zero-order valence-electron chi connectivity index (χ0n) is 18.1. The maximum Gasteiger partial charge on any atom is 0.329 e. The first-order valence-corrected chi connectivity index (χ1v) is 11.1. The van der Waals surface area contributed by atoms with Crippen molar-refractivity contribution in [3.8, 4) is 11.5 Å². The highest BCUT2D eigenvalue weighted by molar-refractivity contribution is 8.18.